The van der Waals surface area contributed by atoms with Crippen molar-refractivity contribution in [2.45, 2.75) is 6.61 Å². The molecule has 0 saturated heterocycles. The molecule has 0 radical (unpaired) electrons. The number of phenolic OH excluding ortho intramolecular Hbond substituents is 1. The zero-order chi connectivity index (χ0) is 15.6. The third kappa shape index (κ3) is 3.28. The second kappa shape index (κ2) is 6.59. The number of methoxy groups -OCH3 is 2. The van der Waals surface area contributed by atoms with Gasteiger partial charge in [-0.15, -0.1) is 0 Å². The SMILES string of the molecule is COCc1nc(-c2cc(Br)c(O)c(OC)c2)[nH]c(=O)c1Br. The smallest absolute Gasteiger partial charge is 0.265 e. The maximum atomic E-state index is 11.9. The van der Waals surface area contributed by atoms with E-state index in [1.54, 1.807) is 12.1 Å². The van der Waals surface area contributed by atoms with E-state index >= 15 is 0 Å². The number of hydrogen-bond acceptors (Lipinski definition) is 5. The van der Waals surface area contributed by atoms with E-state index in [1.807, 2.05) is 0 Å². The number of hydrogen-bond donors (Lipinski definition) is 2. The first-order valence-corrected chi connectivity index (χ1v) is 7.41. The van der Waals surface area contributed by atoms with E-state index in [0.29, 0.717) is 26.0 Å². The maximum absolute atomic E-state index is 11.9. The zero-order valence-corrected chi connectivity index (χ0v) is 14.4. The fraction of sp³-hybridized carbons (Fsp3) is 0.231. The van der Waals surface area contributed by atoms with Crippen molar-refractivity contribution in [3.8, 4) is 22.9 Å². The summed E-state index contributed by atoms with van der Waals surface area (Å²) >= 11 is 6.42. The Bertz CT molecular complexity index is 731. The molecule has 0 unspecified atom stereocenters. The minimum absolute atomic E-state index is 0.0159. The summed E-state index contributed by atoms with van der Waals surface area (Å²) in [6, 6.07) is 3.23. The first-order chi connectivity index (χ1) is 9.97. The third-order valence-electron chi connectivity index (χ3n) is 2.73. The molecule has 2 rings (SSSR count). The fourth-order valence-electron chi connectivity index (χ4n) is 1.74. The summed E-state index contributed by atoms with van der Waals surface area (Å²) in [6.07, 6.45) is 0. The van der Waals surface area contributed by atoms with Crippen molar-refractivity contribution in [3.05, 3.63) is 37.1 Å². The van der Waals surface area contributed by atoms with Crippen LogP contribution in [0.5, 0.6) is 11.5 Å². The van der Waals surface area contributed by atoms with Gasteiger partial charge >= 0.3 is 0 Å². The van der Waals surface area contributed by atoms with E-state index in [-0.39, 0.29) is 23.7 Å². The van der Waals surface area contributed by atoms with E-state index in [0.717, 1.165) is 0 Å². The molecule has 112 valence electrons. The van der Waals surface area contributed by atoms with Crippen LogP contribution in [0.4, 0.5) is 0 Å². The Labute approximate surface area is 137 Å². The Morgan fingerprint density at radius 2 is 2.05 bits per heavy atom. The third-order valence-corrected chi connectivity index (χ3v) is 4.16. The second-order valence-corrected chi connectivity index (χ2v) is 5.76. The van der Waals surface area contributed by atoms with Gasteiger partial charge < -0.3 is 19.6 Å². The molecule has 0 aliphatic rings. The number of nitrogens with one attached hydrogen (secondary N) is 1. The number of phenols is 1. The van der Waals surface area contributed by atoms with E-state index in [1.165, 1.54) is 14.2 Å². The van der Waals surface area contributed by atoms with E-state index in [2.05, 4.69) is 41.8 Å². The highest BCUT2D eigenvalue weighted by molar-refractivity contribution is 9.10. The molecule has 1 heterocycles. The monoisotopic (exact) mass is 418 g/mol. The molecule has 8 heteroatoms. The predicted molar refractivity (Wildman–Crippen MR) is 84.6 cm³/mol. The highest BCUT2D eigenvalue weighted by Gasteiger charge is 2.14. The van der Waals surface area contributed by atoms with Gasteiger partial charge in [-0.25, -0.2) is 4.98 Å². The molecular weight excluding hydrogens is 408 g/mol. The number of ether oxygens (including phenoxy) is 2. The average molecular weight is 420 g/mol. The number of aromatic hydroxyl groups is 1. The molecule has 0 fully saturated rings. The Balaban J connectivity index is 2.62. The minimum atomic E-state index is -0.310. The van der Waals surface area contributed by atoms with Crippen LogP contribution >= 0.6 is 31.9 Å². The van der Waals surface area contributed by atoms with Crippen LogP contribution in [-0.4, -0.2) is 29.3 Å². The molecule has 0 saturated carbocycles. The molecular formula is C13H12Br2N2O4. The Hall–Kier alpha value is -1.38. The van der Waals surface area contributed by atoms with Crippen LogP contribution in [0, 0.1) is 0 Å². The molecule has 0 aliphatic heterocycles. The van der Waals surface area contributed by atoms with Crippen molar-refractivity contribution < 1.29 is 14.6 Å². The first-order valence-electron chi connectivity index (χ1n) is 5.82. The minimum Gasteiger partial charge on any atom is -0.503 e. The number of aromatic amines is 1. The Kier molecular flexibility index (Phi) is 5.02. The molecule has 6 nitrogen and oxygen atoms in total. The van der Waals surface area contributed by atoms with Gasteiger partial charge in [0.2, 0.25) is 0 Å². The highest BCUT2D eigenvalue weighted by Crippen LogP contribution is 2.37. The molecule has 2 aromatic rings. The van der Waals surface area contributed by atoms with Crippen molar-refractivity contribution in [1.29, 1.82) is 0 Å². The second-order valence-electron chi connectivity index (χ2n) is 4.12. The lowest BCUT2D eigenvalue weighted by atomic mass is 10.2. The van der Waals surface area contributed by atoms with Crippen molar-refractivity contribution in [1.82, 2.24) is 9.97 Å². The van der Waals surface area contributed by atoms with Gasteiger partial charge in [-0.05, 0) is 44.0 Å². The van der Waals surface area contributed by atoms with Crippen LogP contribution in [0.3, 0.4) is 0 Å². The normalized spacial score (nSPS) is 10.7. The molecule has 0 aliphatic carbocycles. The van der Waals surface area contributed by atoms with Crippen LogP contribution in [0.2, 0.25) is 0 Å². The molecule has 1 aromatic carbocycles. The number of H-pyrrole nitrogens is 1. The van der Waals surface area contributed by atoms with Gasteiger partial charge in [0.05, 0.1) is 23.9 Å². The Morgan fingerprint density at radius 1 is 1.33 bits per heavy atom. The molecule has 2 N–H and O–H groups in total. The highest BCUT2D eigenvalue weighted by atomic mass is 79.9. The van der Waals surface area contributed by atoms with Crippen LogP contribution in [-0.2, 0) is 11.3 Å². The van der Waals surface area contributed by atoms with Gasteiger partial charge in [0, 0.05) is 12.7 Å². The fourth-order valence-corrected chi connectivity index (χ4v) is 2.48. The van der Waals surface area contributed by atoms with E-state index in [4.69, 9.17) is 9.47 Å². The largest absolute Gasteiger partial charge is 0.503 e. The zero-order valence-electron chi connectivity index (χ0n) is 11.2. The summed E-state index contributed by atoms with van der Waals surface area (Å²) in [5.74, 6) is 0.616. The van der Waals surface area contributed by atoms with Crippen molar-refractivity contribution >= 4 is 31.9 Å². The van der Waals surface area contributed by atoms with Gasteiger partial charge in [0.25, 0.3) is 5.56 Å². The number of rotatable bonds is 4. The summed E-state index contributed by atoms with van der Waals surface area (Å²) < 4.78 is 10.9. The lowest BCUT2D eigenvalue weighted by Crippen LogP contribution is -2.14. The summed E-state index contributed by atoms with van der Waals surface area (Å²) in [5.41, 5.74) is 0.771. The van der Waals surface area contributed by atoms with Crippen LogP contribution in [0.1, 0.15) is 5.69 Å². The molecule has 0 amide bonds. The van der Waals surface area contributed by atoms with Crippen molar-refractivity contribution in [2.24, 2.45) is 0 Å². The van der Waals surface area contributed by atoms with Crippen LogP contribution in [0.15, 0.2) is 25.9 Å². The summed E-state index contributed by atoms with van der Waals surface area (Å²) in [4.78, 5) is 18.9. The molecule has 1 aromatic heterocycles. The van der Waals surface area contributed by atoms with E-state index < -0.39 is 0 Å². The molecule has 0 atom stereocenters. The number of benzene rings is 1. The summed E-state index contributed by atoms with van der Waals surface area (Å²) in [7, 11) is 2.97. The summed E-state index contributed by atoms with van der Waals surface area (Å²) in [5, 5.41) is 9.81. The topological polar surface area (TPSA) is 84.4 Å². The standard InChI is InChI=1S/C13H12Br2N2O4/c1-20-5-8-10(15)13(19)17-12(16-8)6-3-7(14)11(18)9(4-6)21-2/h3-4,18H,5H2,1-2H3,(H,16,17,19). The average Bonchev–Trinajstić information content (AvgIpc) is 2.46. The number of halogens is 2. The van der Waals surface area contributed by atoms with Crippen LogP contribution < -0.4 is 10.3 Å². The number of aromatic nitrogens is 2. The van der Waals surface area contributed by atoms with Crippen LogP contribution in [0.25, 0.3) is 11.4 Å². The number of nitrogens with zero attached hydrogens (tertiary/aromatic N) is 1. The van der Waals surface area contributed by atoms with Gasteiger partial charge in [-0.3, -0.25) is 4.79 Å². The maximum Gasteiger partial charge on any atom is 0.265 e. The lowest BCUT2D eigenvalue weighted by Gasteiger charge is -2.10. The van der Waals surface area contributed by atoms with Crippen molar-refractivity contribution in [3.63, 3.8) is 0 Å². The first kappa shape index (κ1) is 16.0. The van der Waals surface area contributed by atoms with Gasteiger partial charge in [-0.2, -0.15) is 0 Å². The predicted octanol–water partition coefficient (Wildman–Crippen LogP) is 2.82. The van der Waals surface area contributed by atoms with E-state index in [9.17, 15) is 9.90 Å². The van der Waals surface area contributed by atoms with Gasteiger partial charge in [0.15, 0.2) is 11.5 Å². The van der Waals surface area contributed by atoms with Crippen molar-refractivity contribution in [2.75, 3.05) is 14.2 Å². The molecule has 0 spiro atoms. The lowest BCUT2D eigenvalue weighted by molar-refractivity contribution is 0.180. The van der Waals surface area contributed by atoms with Gasteiger partial charge in [0.1, 0.15) is 10.3 Å². The van der Waals surface area contributed by atoms with Gasteiger partial charge in [-0.1, -0.05) is 0 Å². The summed E-state index contributed by atoms with van der Waals surface area (Å²) in [6.45, 7) is 0.202. The molecule has 21 heavy (non-hydrogen) atoms. The Morgan fingerprint density at radius 3 is 2.67 bits per heavy atom. The molecule has 0 bridgehead atoms. The quantitative estimate of drug-likeness (QED) is 0.795.